The summed E-state index contributed by atoms with van der Waals surface area (Å²) in [7, 11) is 3.22. The number of nitrogens with one attached hydrogen (secondary N) is 1. The van der Waals surface area contributed by atoms with Gasteiger partial charge in [-0.3, -0.25) is 9.59 Å². The fourth-order valence-electron chi connectivity index (χ4n) is 5.81. The molecule has 7 nitrogen and oxygen atoms in total. The van der Waals surface area contributed by atoms with Gasteiger partial charge in [-0.2, -0.15) is 0 Å². The minimum absolute atomic E-state index is 0.0290. The second-order valence-corrected chi connectivity index (χ2v) is 10.2. The second kappa shape index (κ2) is 9.72. The number of H-pyrrole nitrogens is 1. The molecule has 2 aliphatic heterocycles. The molecule has 38 heavy (non-hydrogen) atoms. The van der Waals surface area contributed by atoms with Crippen LogP contribution in [0.4, 0.5) is 0 Å². The summed E-state index contributed by atoms with van der Waals surface area (Å²) in [5, 5.41) is 1.73. The Morgan fingerprint density at radius 2 is 1.79 bits per heavy atom. The number of hydrogen-bond acceptors (Lipinski definition) is 4. The molecule has 3 heterocycles. The number of aromatic amines is 1. The Bertz CT molecular complexity index is 1530. The number of benzene rings is 3. The third kappa shape index (κ3) is 4.07. The van der Waals surface area contributed by atoms with E-state index in [2.05, 4.69) is 11.1 Å². The number of rotatable bonds is 6. The average molecular weight is 530 g/mol. The molecule has 8 heteroatoms. The highest BCUT2D eigenvalue weighted by Crippen LogP contribution is 2.45. The highest BCUT2D eigenvalue weighted by atomic mass is 35.5. The van der Waals surface area contributed by atoms with E-state index < -0.39 is 12.1 Å². The monoisotopic (exact) mass is 529 g/mol. The van der Waals surface area contributed by atoms with Gasteiger partial charge < -0.3 is 24.3 Å². The molecular formula is C30H28ClN3O4. The largest absolute Gasteiger partial charge is 0.497 e. The zero-order valence-corrected chi connectivity index (χ0v) is 22.0. The van der Waals surface area contributed by atoms with Gasteiger partial charge in [0.05, 0.1) is 20.8 Å². The van der Waals surface area contributed by atoms with Crippen LogP contribution < -0.4 is 9.47 Å². The maximum absolute atomic E-state index is 13.9. The molecule has 0 aliphatic carbocycles. The van der Waals surface area contributed by atoms with Crippen LogP contribution in [0.1, 0.15) is 28.4 Å². The molecule has 0 radical (unpaired) electrons. The van der Waals surface area contributed by atoms with Crippen LogP contribution in [0.25, 0.3) is 10.9 Å². The van der Waals surface area contributed by atoms with Gasteiger partial charge in [-0.25, -0.2) is 0 Å². The fraction of sp³-hybridized carbons (Fsp3) is 0.267. The predicted molar refractivity (Wildman–Crippen MR) is 146 cm³/mol. The van der Waals surface area contributed by atoms with Crippen molar-refractivity contribution in [3.8, 4) is 11.5 Å². The normalized spacial score (nSPS) is 18.9. The van der Waals surface area contributed by atoms with E-state index in [1.54, 1.807) is 24.0 Å². The van der Waals surface area contributed by atoms with Crippen LogP contribution in [0.5, 0.6) is 11.5 Å². The smallest absolute Gasteiger partial charge is 0.246 e. The van der Waals surface area contributed by atoms with Gasteiger partial charge in [0.2, 0.25) is 11.8 Å². The van der Waals surface area contributed by atoms with Crippen molar-refractivity contribution in [2.75, 3.05) is 27.3 Å². The number of methoxy groups -OCH3 is 2. The SMILES string of the molecule is COc1ccc(OC)c(C2c3[nH]c4ccccc4c3CC3C(=O)N(CCc4ccc(Cl)cc4)CC(=O)N32)c1. The number of piperazine rings is 1. The first-order valence-electron chi connectivity index (χ1n) is 12.6. The zero-order chi connectivity index (χ0) is 26.4. The van der Waals surface area contributed by atoms with Crippen LogP contribution in [-0.4, -0.2) is 59.9 Å². The zero-order valence-electron chi connectivity index (χ0n) is 21.2. The van der Waals surface area contributed by atoms with Crippen LogP contribution in [0.15, 0.2) is 66.7 Å². The number of halogens is 1. The van der Waals surface area contributed by atoms with Gasteiger partial charge in [0.25, 0.3) is 0 Å². The summed E-state index contributed by atoms with van der Waals surface area (Å²) < 4.78 is 11.3. The van der Waals surface area contributed by atoms with Crippen LogP contribution in [-0.2, 0) is 22.4 Å². The summed E-state index contributed by atoms with van der Waals surface area (Å²) in [6.45, 7) is 0.492. The topological polar surface area (TPSA) is 74.9 Å². The van der Waals surface area contributed by atoms with Gasteiger partial charge in [0, 0.05) is 40.1 Å². The predicted octanol–water partition coefficient (Wildman–Crippen LogP) is 4.77. The molecule has 0 spiro atoms. The van der Waals surface area contributed by atoms with Crippen molar-refractivity contribution >= 4 is 34.3 Å². The molecule has 2 aliphatic rings. The Morgan fingerprint density at radius 3 is 2.55 bits per heavy atom. The lowest BCUT2D eigenvalue weighted by Gasteiger charge is -2.47. The first-order chi connectivity index (χ1) is 18.5. The standard InChI is InChI=1S/C30H28ClN3O4/c1-37-20-11-12-26(38-2)23(15-20)29-28-22(21-5-3-4-6-24(21)32-28)16-25-30(36)33(17-27(35)34(25)29)14-13-18-7-9-19(31)10-8-18/h3-12,15,25,29,32H,13-14,16-17H2,1-2H3. The number of carbonyl (C=O) groups excluding carboxylic acids is 2. The third-order valence-corrected chi connectivity index (χ3v) is 7.91. The number of nitrogens with zero attached hydrogens (tertiary/aromatic N) is 2. The Balaban J connectivity index is 1.42. The average Bonchev–Trinajstić information content (AvgIpc) is 3.32. The molecule has 2 amide bonds. The van der Waals surface area contributed by atoms with Gasteiger partial charge in [0.1, 0.15) is 23.6 Å². The number of carbonyl (C=O) groups is 2. The van der Waals surface area contributed by atoms with E-state index in [0.29, 0.717) is 35.9 Å². The Kier molecular flexibility index (Phi) is 6.24. The lowest BCUT2D eigenvalue weighted by Crippen LogP contribution is -2.63. The summed E-state index contributed by atoms with van der Waals surface area (Å²) in [4.78, 5) is 34.8. The van der Waals surface area contributed by atoms with E-state index in [9.17, 15) is 9.59 Å². The first kappa shape index (κ1) is 24.4. The van der Waals surface area contributed by atoms with Gasteiger partial charge >= 0.3 is 0 Å². The molecule has 2 unspecified atom stereocenters. The Labute approximate surface area is 225 Å². The van der Waals surface area contributed by atoms with E-state index >= 15 is 0 Å². The van der Waals surface area contributed by atoms with Crippen LogP contribution >= 0.6 is 11.6 Å². The molecular weight excluding hydrogens is 502 g/mol. The van der Waals surface area contributed by atoms with Crippen molar-refractivity contribution in [2.45, 2.75) is 24.9 Å². The van der Waals surface area contributed by atoms with Gasteiger partial charge in [-0.05, 0) is 53.9 Å². The molecule has 3 aromatic carbocycles. The summed E-state index contributed by atoms with van der Waals surface area (Å²) in [5.74, 6) is 1.15. The van der Waals surface area contributed by atoms with Gasteiger partial charge in [-0.1, -0.05) is 41.9 Å². The van der Waals surface area contributed by atoms with E-state index in [0.717, 1.165) is 33.3 Å². The molecule has 0 bridgehead atoms. The van der Waals surface area contributed by atoms with Crippen molar-refractivity contribution < 1.29 is 19.1 Å². The van der Waals surface area contributed by atoms with Crippen molar-refractivity contribution in [1.29, 1.82) is 0 Å². The summed E-state index contributed by atoms with van der Waals surface area (Å²) in [6, 6.07) is 20.1. The minimum atomic E-state index is -0.617. The van der Waals surface area contributed by atoms with Crippen LogP contribution in [0.2, 0.25) is 5.02 Å². The van der Waals surface area contributed by atoms with Crippen molar-refractivity contribution in [3.05, 3.63) is 94.1 Å². The number of ether oxygens (including phenoxy) is 2. The number of aromatic nitrogens is 1. The molecule has 6 rings (SSSR count). The fourth-order valence-corrected chi connectivity index (χ4v) is 5.93. The number of para-hydroxylation sites is 1. The molecule has 1 saturated heterocycles. The molecule has 4 aromatic rings. The van der Waals surface area contributed by atoms with Crippen LogP contribution in [0.3, 0.4) is 0 Å². The minimum Gasteiger partial charge on any atom is -0.497 e. The van der Waals surface area contributed by atoms with Crippen molar-refractivity contribution in [2.24, 2.45) is 0 Å². The van der Waals surface area contributed by atoms with E-state index in [-0.39, 0.29) is 18.4 Å². The molecule has 194 valence electrons. The Morgan fingerprint density at radius 1 is 1.00 bits per heavy atom. The van der Waals surface area contributed by atoms with Crippen molar-refractivity contribution in [3.63, 3.8) is 0 Å². The number of fused-ring (bicyclic) bond motifs is 4. The summed E-state index contributed by atoms with van der Waals surface area (Å²) in [5.41, 5.74) is 4.78. The molecule has 2 atom stereocenters. The number of hydrogen-bond donors (Lipinski definition) is 1. The van der Waals surface area contributed by atoms with Crippen LogP contribution in [0, 0.1) is 0 Å². The van der Waals surface area contributed by atoms with Gasteiger partial charge in [-0.15, -0.1) is 0 Å². The Hall–Kier alpha value is -3.97. The molecule has 1 N–H and O–H groups in total. The summed E-state index contributed by atoms with van der Waals surface area (Å²) in [6.07, 6.45) is 1.10. The third-order valence-electron chi connectivity index (χ3n) is 7.66. The van der Waals surface area contributed by atoms with E-state index in [1.807, 2.05) is 60.7 Å². The molecule has 1 fully saturated rings. The maximum atomic E-state index is 13.9. The lowest BCUT2D eigenvalue weighted by atomic mass is 9.85. The quantitative estimate of drug-likeness (QED) is 0.390. The van der Waals surface area contributed by atoms with Gasteiger partial charge in [0.15, 0.2) is 0 Å². The highest BCUT2D eigenvalue weighted by Gasteiger charge is 2.48. The molecule has 1 aromatic heterocycles. The number of amides is 2. The second-order valence-electron chi connectivity index (χ2n) is 9.73. The molecule has 0 saturated carbocycles. The van der Waals surface area contributed by atoms with E-state index in [1.165, 1.54) is 0 Å². The first-order valence-corrected chi connectivity index (χ1v) is 13.0. The van der Waals surface area contributed by atoms with Crippen molar-refractivity contribution in [1.82, 2.24) is 14.8 Å². The maximum Gasteiger partial charge on any atom is 0.246 e. The highest BCUT2D eigenvalue weighted by molar-refractivity contribution is 6.30. The van der Waals surface area contributed by atoms with E-state index in [4.69, 9.17) is 21.1 Å². The lowest BCUT2D eigenvalue weighted by molar-refractivity contribution is -0.158. The summed E-state index contributed by atoms with van der Waals surface area (Å²) >= 11 is 6.02.